The lowest BCUT2D eigenvalue weighted by atomic mass is 10.0. The molecule has 7 heteroatoms. The highest BCUT2D eigenvalue weighted by molar-refractivity contribution is 5.67. The van der Waals surface area contributed by atoms with Crippen LogP contribution < -0.4 is 0 Å². The monoisotopic (exact) mass is 446 g/mol. The van der Waals surface area contributed by atoms with Gasteiger partial charge in [0.1, 0.15) is 6.10 Å². The number of unbranched alkanes of at least 4 members (excludes halogenated alkanes) is 10. The summed E-state index contributed by atoms with van der Waals surface area (Å²) in [6.45, 7) is 3.81. The number of aliphatic carboxylic acids is 1. The van der Waals surface area contributed by atoms with Crippen LogP contribution in [0.15, 0.2) is 0 Å². The molecule has 4 N–H and O–H groups in total. The van der Waals surface area contributed by atoms with Crippen LogP contribution in [-0.4, -0.2) is 63.2 Å². The largest absolute Gasteiger partial charge is 0.481 e. The Morgan fingerprint density at radius 2 is 1.39 bits per heavy atom. The average Bonchev–Trinajstić information content (AvgIpc) is 2.69. The molecule has 0 radical (unpaired) electrons. The Labute approximate surface area is 188 Å². The van der Waals surface area contributed by atoms with E-state index in [1.165, 1.54) is 44.9 Å². The second-order valence-electron chi connectivity index (χ2n) is 9.24. The zero-order chi connectivity index (χ0) is 23.1. The van der Waals surface area contributed by atoms with Gasteiger partial charge in [-0.25, -0.2) is 0 Å². The lowest BCUT2D eigenvalue weighted by molar-refractivity contribution is -0.273. The van der Waals surface area contributed by atoms with Crippen molar-refractivity contribution in [3.8, 4) is 0 Å². The van der Waals surface area contributed by atoms with Crippen LogP contribution in [0, 0.1) is 0 Å². The Kier molecular flexibility index (Phi) is 15.4. The van der Waals surface area contributed by atoms with Crippen LogP contribution in [-0.2, 0) is 14.3 Å². The second-order valence-corrected chi connectivity index (χ2v) is 9.24. The Morgan fingerprint density at radius 3 is 1.90 bits per heavy atom. The second kappa shape index (κ2) is 16.8. The van der Waals surface area contributed by atoms with Gasteiger partial charge in [0.15, 0.2) is 6.29 Å². The molecule has 0 bridgehead atoms. The molecule has 0 aromatic carbocycles. The van der Waals surface area contributed by atoms with E-state index in [9.17, 15) is 20.1 Å². The molecular weight excluding hydrogens is 400 g/mol. The van der Waals surface area contributed by atoms with E-state index in [0.29, 0.717) is 12.8 Å². The van der Waals surface area contributed by atoms with E-state index in [-0.39, 0.29) is 18.6 Å². The zero-order valence-corrected chi connectivity index (χ0v) is 19.6. The number of carboxylic acid groups (broad SMARTS) is 1. The molecule has 0 saturated carbocycles. The normalized spacial score (nSPS) is 26.0. The molecule has 7 nitrogen and oxygen atoms in total. The van der Waals surface area contributed by atoms with E-state index >= 15 is 0 Å². The molecule has 0 aromatic rings. The van der Waals surface area contributed by atoms with E-state index in [1.807, 2.05) is 6.92 Å². The first-order valence-electron chi connectivity index (χ1n) is 12.4. The van der Waals surface area contributed by atoms with E-state index in [1.54, 1.807) is 6.92 Å². The number of hydrogen-bond acceptors (Lipinski definition) is 6. The highest BCUT2D eigenvalue weighted by atomic mass is 16.7. The van der Waals surface area contributed by atoms with Crippen molar-refractivity contribution in [3.05, 3.63) is 0 Å². The van der Waals surface area contributed by atoms with Crippen molar-refractivity contribution in [2.75, 3.05) is 0 Å². The maximum absolute atomic E-state index is 10.5. The van der Waals surface area contributed by atoms with Gasteiger partial charge in [0, 0.05) is 6.42 Å². The summed E-state index contributed by atoms with van der Waals surface area (Å²) in [7, 11) is 0. The van der Waals surface area contributed by atoms with Crippen molar-refractivity contribution in [1.29, 1.82) is 0 Å². The minimum atomic E-state index is -0.930. The number of aliphatic hydroxyl groups excluding tert-OH is 3. The van der Waals surface area contributed by atoms with Crippen molar-refractivity contribution < 1.29 is 34.7 Å². The number of carbonyl (C=O) groups is 1. The van der Waals surface area contributed by atoms with Gasteiger partial charge in [0.05, 0.1) is 30.8 Å². The highest BCUT2D eigenvalue weighted by Gasteiger charge is 2.35. The van der Waals surface area contributed by atoms with Crippen molar-refractivity contribution in [2.24, 2.45) is 0 Å². The third-order valence-corrected chi connectivity index (χ3v) is 6.11. The molecule has 1 aliphatic heterocycles. The number of carboxylic acids is 1. The van der Waals surface area contributed by atoms with Crippen molar-refractivity contribution in [2.45, 2.75) is 147 Å². The van der Waals surface area contributed by atoms with E-state index in [0.717, 1.165) is 32.1 Å². The maximum Gasteiger partial charge on any atom is 0.305 e. The van der Waals surface area contributed by atoms with Gasteiger partial charge in [0.25, 0.3) is 0 Å². The minimum absolute atomic E-state index is 0.0346. The van der Waals surface area contributed by atoms with Gasteiger partial charge in [-0.15, -0.1) is 0 Å². The van der Waals surface area contributed by atoms with Gasteiger partial charge in [-0.1, -0.05) is 70.6 Å². The fraction of sp³-hybridized carbons (Fsp3) is 0.958. The first-order valence-corrected chi connectivity index (χ1v) is 12.4. The molecule has 0 spiro atoms. The van der Waals surface area contributed by atoms with Crippen LogP contribution in [0.4, 0.5) is 0 Å². The van der Waals surface area contributed by atoms with Gasteiger partial charge < -0.3 is 29.9 Å². The first-order chi connectivity index (χ1) is 14.8. The van der Waals surface area contributed by atoms with Crippen LogP contribution in [0.1, 0.15) is 110 Å². The number of aliphatic hydroxyl groups is 3. The van der Waals surface area contributed by atoms with Crippen LogP contribution in [0.25, 0.3) is 0 Å². The smallest absolute Gasteiger partial charge is 0.305 e. The quantitative estimate of drug-likeness (QED) is 0.234. The predicted octanol–water partition coefficient (Wildman–Crippen LogP) is 4.16. The Morgan fingerprint density at radius 1 is 0.903 bits per heavy atom. The topological polar surface area (TPSA) is 116 Å². The highest BCUT2D eigenvalue weighted by Crippen LogP contribution is 2.23. The van der Waals surface area contributed by atoms with Crippen molar-refractivity contribution >= 4 is 5.97 Å². The number of ether oxygens (including phenoxy) is 2. The van der Waals surface area contributed by atoms with Crippen LogP contribution in [0.2, 0.25) is 0 Å². The van der Waals surface area contributed by atoms with Crippen molar-refractivity contribution in [1.82, 2.24) is 0 Å². The van der Waals surface area contributed by atoms with Gasteiger partial charge >= 0.3 is 5.97 Å². The van der Waals surface area contributed by atoms with Gasteiger partial charge in [0.2, 0.25) is 0 Å². The number of hydrogen-bond donors (Lipinski definition) is 4. The SMILES string of the molecule is CC(CCCCCCCCCCCCCC(O)CC(=O)O)OC1OC(C)C(O)CC1O. The summed E-state index contributed by atoms with van der Waals surface area (Å²) in [5, 5.41) is 37.8. The van der Waals surface area contributed by atoms with E-state index in [4.69, 9.17) is 14.6 Å². The molecule has 6 atom stereocenters. The molecule has 1 rings (SSSR count). The summed E-state index contributed by atoms with van der Waals surface area (Å²) < 4.78 is 11.4. The predicted molar refractivity (Wildman–Crippen MR) is 120 cm³/mol. The Balaban J connectivity index is 1.86. The van der Waals surface area contributed by atoms with Crippen LogP contribution in [0.5, 0.6) is 0 Å². The Hall–Kier alpha value is -0.730. The summed E-state index contributed by atoms with van der Waals surface area (Å²) in [6, 6.07) is 0. The fourth-order valence-corrected chi connectivity index (χ4v) is 4.07. The standard InChI is InChI=1S/C24H46O7/c1-18(30-24-22(27)17-21(26)19(2)31-24)14-12-10-8-6-4-3-5-7-9-11-13-15-20(25)16-23(28)29/h18-22,24-27H,3-17H2,1-2H3,(H,28,29). The lowest BCUT2D eigenvalue weighted by Crippen LogP contribution is -2.48. The summed E-state index contributed by atoms with van der Waals surface area (Å²) in [5.41, 5.74) is 0. The fourth-order valence-electron chi connectivity index (χ4n) is 4.07. The molecular formula is C24H46O7. The lowest BCUT2D eigenvalue weighted by Gasteiger charge is -2.36. The molecule has 0 aliphatic carbocycles. The maximum atomic E-state index is 10.5. The van der Waals surface area contributed by atoms with E-state index in [2.05, 4.69) is 0 Å². The van der Waals surface area contributed by atoms with Crippen LogP contribution in [0.3, 0.4) is 0 Å². The van der Waals surface area contributed by atoms with Gasteiger partial charge in [-0.3, -0.25) is 4.79 Å². The third kappa shape index (κ3) is 14.1. The summed E-state index contributed by atoms with van der Waals surface area (Å²) >= 11 is 0. The average molecular weight is 447 g/mol. The summed E-state index contributed by atoms with van der Waals surface area (Å²) in [5.74, 6) is -0.930. The molecule has 6 unspecified atom stereocenters. The van der Waals surface area contributed by atoms with Crippen molar-refractivity contribution in [3.63, 3.8) is 0 Å². The first kappa shape index (κ1) is 28.3. The number of rotatable bonds is 18. The molecule has 1 fully saturated rings. The Bertz CT molecular complexity index is 459. The molecule has 1 aliphatic rings. The van der Waals surface area contributed by atoms with E-state index < -0.39 is 30.6 Å². The van der Waals surface area contributed by atoms with Crippen LogP contribution >= 0.6 is 0 Å². The molecule has 1 heterocycles. The zero-order valence-electron chi connectivity index (χ0n) is 19.6. The van der Waals surface area contributed by atoms with Gasteiger partial charge in [-0.2, -0.15) is 0 Å². The summed E-state index contributed by atoms with van der Waals surface area (Å²) in [4.78, 5) is 10.5. The molecule has 31 heavy (non-hydrogen) atoms. The molecule has 184 valence electrons. The summed E-state index contributed by atoms with van der Waals surface area (Å²) in [6.07, 6.45) is 11.6. The van der Waals surface area contributed by atoms with Gasteiger partial charge in [-0.05, 0) is 26.7 Å². The third-order valence-electron chi connectivity index (χ3n) is 6.11. The molecule has 0 amide bonds. The minimum Gasteiger partial charge on any atom is -0.481 e. The molecule has 0 aromatic heterocycles. The molecule has 1 saturated heterocycles.